The number of aliphatic hydroxyl groups is 3. The van der Waals surface area contributed by atoms with E-state index in [0.717, 1.165) is 0 Å². The molecule has 0 fully saturated rings. The summed E-state index contributed by atoms with van der Waals surface area (Å²) in [6, 6.07) is 0. The molecule has 3 atom stereocenters. The molecule has 0 saturated heterocycles. The van der Waals surface area contributed by atoms with Crippen LogP contribution in [0.3, 0.4) is 0 Å². The van der Waals surface area contributed by atoms with Crippen LogP contribution in [0.25, 0.3) is 0 Å². The zero-order valence-electron chi connectivity index (χ0n) is 6.49. The van der Waals surface area contributed by atoms with Crippen molar-refractivity contribution in [3.63, 3.8) is 0 Å². The van der Waals surface area contributed by atoms with Crippen LogP contribution >= 0.6 is 0 Å². The Balaban J connectivity index is 3.80. The summed E-state index contributed by atoms with van der Waals surface area (Å²) in [5.41, 5.74) is 0. The van der Waals surface area contributed by atoms with Gasteiger partial charge in [-0.25, -0.2) is 0 Å². The Morgan fingerprint density at radius 2 is 1.80 bits per heavy atom. The normalized spacial score (nSPS) is 20.1. The second kappa shape index (κ2) is 4.66. The maximum atomic E-state index is 9.17. The summed E-state index contributed by atoms with van der Waals surface area (Å²) in [6.45, 7) is 3.22. The summed E-state index contributed by atoms with van der Waals surface area (Å²) in [5, 5.41) is 26.8. The third-order valence-corrected chi connectivity index (χ3v) is 1.74. The van der Waals surface area contributed by atoms with E-state index in [0.29, 0.717) is 6.42 Å². The highest BCUT2D eigenvalue weighted by atomic mass is 16.3. The van der Waals surface area contributed by atoms with E-state index in [-0.39, 0.29) is 6.61 Å². The predicted molar refractivity (Wildman–Crippen MR) is 38.6 cm³/mol. The molecule has 0 rings (SSSR count). The van der Waals surface area contributed by atoms with Gasteiger partial charge < -0.3 is 15.3 Å². The van der Waals surface area contributed by atoms with Gasteiger partial charge in [-0.2, -0.15) is 0 Å². The van der Waals surface area contributed by atoms with Crippen LogP contribution in [-0.2, 0) is 0 Å². The SMILES string of the molecule is CC[C@H](O)[C@@H](CO)[C@@H](C)O. The lowest BCUT2D eigenvalue weighted by Crippen LogP contribution is -2.32. The van der Waals surface area contributed by atoms with Crippen molar-refractivity contribution < 1.29 is 15.3 Å². The quantitative estimate of drug-likeness (QED) is 0.515. The molecule has 0 aromatic heterocycles. The number of rotatable bonds is 4. The Bertz CT molecular complexity index is 82.9. The average molecular weight is 148 g/mol. The summed E-state index contributed by atoms with van der Waals surface area (Å²) >= 11 is 0. The van der Waals surface area contributed by atoms with Gasteiger partial charge in [-0.15, -0.1) is 0 Å². The molecule has 3 nitrogen and oxygen atoms in total. The molecule has 62 valence electrons. The van der Waals surface area contributed by atoms with Gasteiger partial charge in [-0.1, -0.05) is 6.92 Å². The molecular formula is C7H16O3. The largest absolute Gasteiger partial charge is 0.396 e. The highest BCUT2D eigenvalue weighted by Gasteiger charge is 2.21. The molecule has 0 aliphatic carbocycles. The molecular weight excluding hydrogens is 132 g/mol. The highest BCUT2D eigenvalue weighted by Crippen LogP contribution is 2.10. The van der Waals surface area contributed by atoms with Gasteiger partial charge in [-0.3, -0.25) is 0 Å². The first-order valence-corrected chi connectivity index (χ1v) is 3.60. The fraction of sp³-hybridized carbons (Fsp3) is 1.00. The monoisotopic (exact) mass is 148 g/mol. The van der Waals surface area contributed by atoms with Crippen molar-refractivity contribution in [2.75, 3.05) is 6.61 Å². The summed E-state index contributed by atoms with van der Waals surface area (Å²) in [7, 11) is 0. The van der Waals surface area contributed by atoms with Gasteiger partial charge in [0, 0.05) is 5.92 Å². The van der Waals surface area contributed by atoms with Crippen LogP contribution < -0.4 is 0 Å². The lowest BCUT2D eigenvalue weighted by atomic mass is 9.96. The van der Waals surface area contributed by atoms with Crippen LogP contribution in [0.15, 0.2) is 0 Å². The minimum absolute atomic E-state index is 0.160. The molecule has 3 N–H and O–H groups in total. The van der Waals surface area contributed by atoms with Crippen molar-refractivity contribution in [1.29, 1.82) is 0 Å². The van der Waals surface area contributed by atoms with E-state index in [9.17, 15) is 0 Å². The third kappa shape index (κ3) is 2.64. The minimum Gasteiger partial charge on any atom is -0.396 e. The predicted octanol–water partition coefficient (Wildman–Crippen LogP) is -0.253. The standard InChI is InChI=1S/C7H16O3/c1-3-7(10)6(4-8)5(2)9/h5-10H,3-4H2,1-2H3/t5-,6+,7+/m1/s1. The summed E-state index contributed by atoms with van der Waals surface area (Å²) in [4.78, 5) is 0. The maximum absolute atomic E-state index is 9.17. The Hall–Kier alpha value is -0.120. The number of aliphatic hydroxyl groups excluding tert-OH is 3. The van der Waals surface area contributed by atoms with Gasteiger partial charge >= 0.3 is 0 Å². The molecule has 0 bridgehead atoms. The van der Waals surface area contributed by atoms with Crippen LogP contribution in [0, 0.1) is 5.92 Å². The van der Waals surface area contributed by atoms with Gasteiger partial charge in [0.25, 0.3) is 0 Å². The fourth-order valence-electron chi connectivity index (χ4n) is 0.898. The Kier molecular flexibility index (Phi) is 4.60. The van der Waals surface area contributed by atoms with Crippen molar-refractivity contribution in [2.24, 2.45) is 5.92 Å². The molecule has 0 unspecified atom stereocenters. The van der Waals surface area contributed by atoms with Crippen LogP contribution in [0.4, 0.5) is 0 Å². The van der Waals surface area contributed by atoms with Gasteiger partial charge in [0.15, 0.2) is 0 Å². The zero-order chi connectivity index (χ0) is 8.15. The first-order chi connectivity index (χ1) is 4.63. The average Bonchev–Trinajstić information content (AvgIpc) is 1.88. The van der Waals surface area contributed by atoms with Crippen molar-refractivity contribution >= 4 is 0 Å². The summed E-state index contributed by atoms with van der Waals surface area (Å²) in [5.74, 6) is -0.398. The van der Waals surface area contributed by atoms with E-state index >= 15 is 0 Å². The van der Waals surface area contributed by atoms with Crippen LogP contribution in [0.1, 0.15) is 20.3 Å². The van der Waals surface area contributed by atoms with Crippen LogP contribution in [0.5, 0.6) is 0 Å². The van der Waals surface area contributed by atoms with E-state index in [2.05, 4.69) is 0 Å². The van der Waals surface area contributed by atoms with Crippen molar-refractivity contribution in [1.82, 2.24) is 0 Å². The molecule has 0 aliphatic heterocycles. The van der Waals surface area contributed by atoms with Crippen molar-refractivity contribution in [3.05, 3.63) is 0 Å². The van der Waals surface area contributed by atoms with Crippen molar-refractivity contribution in [2.45, 2.75) is 32.5 Å². The molecule has 0 spiro atoms. The first kappa shape index (κ1) is 9.88. The second-order valence-electron chi connectivity index (χ2n) is 2.56. The molecule has 0 saturated carbocycles. The summed E-state index contributed by atoms with van der Waals surface area (Å²) in [6.07, 6.45) is -0.666. The Morgan fingerprint density at radius 3 is 1.90 bits per heavy atom. The second-order valence-corrected chi connectivity index (χ2v) is 2.56. The molecule has 0 aliphatic rings. The smallest absolute Gasteiger partial charge is 0.0612 e. The molecule has 0 amide bonds. The lowest BCUT2D eigenvalue weighted by molar-refractivity contribution is -0.00952. The molecule has 3 heteroatoms. The lowest BCUT2D eigenvalue weighted by Gasteiger charge is -2.21. The number of hydrogen-bond acceptors (Lipinski definition) is 3. The van der Waals surface area contributed by atoms with Gasteiger partial charge in [-0.05, 0) is 13.3 Å². The van der Waals surface area contributed by atoms with E-state index in [1.54, 1.807) is 6.92 Å². The van der Waals surface area contributed by atoms with E-state index < -0.39 is 18.1 Å². The molecule has 0 aromatic rings. The van der Waals surface area contributed by atoms with E-state index in [4.69, 9.17) is 15.3 Å². The number of hydrogen-bond donors (Lipinski definition) is 3. The van der Waals surface area contributed by atoms with Crippen molar-refractivity contribution in [3.8, 4) is 0 Å². The van der Waals surface area contributed by atoms with Gasteiger partial charge in [0.1, 0.15) is 0 Å². The highest BCUT2D eigenvalue weighted by molar-refractivity contribution is 4.70. The molecule has 0 radical (unpaired) electrons. The summed E-state index contributed by atoms with van der Waals surface area (Å²) < 4.78 is 0. The minimum atomic E-state index is -0.639. The first-order valence-electron chi connectivity index (χ1n) is 3.60. The molecule has 10 heavy (non-hydrogen) atoms. The molecule has 0 aromatic carbocycles. The third-order valence-electron chi connectivity index (χ3n) is 1.74. The Morgan fingerprint density at radius 1 is 1.30 bits per heavy atom. The van der Waals surface area contributed by atoms with Crippen LogP contribution in [0.2, 0.25) is 0 Å². The van der Waals surface area contributed by atoms with E-state index in [1.165, 1.54) is 0 Å². The van der Waals surface area contributed by atoms with Gasteiger partial charge in [0.2, 0.25) is 0 Å². The van der Waals surface area contributed by atoms with E-state index in [1.807, 2.05) is 6.92 Å². The van der Waals surface area contributed by atoms with Crippen LogP contribution in [-0.4, -0.2) is 34.1 Å². The molecule has 0 heterocycles. The fourth-order valence-corrected chi connectivity index (χ4v) is 0.898. The maximum Gasteiger partial charge on any atom is 0.0612 e. The van der Waals surface area contributed by atoms with Gasteiger partial charge in [0.05, 0.1) is 18.8 Å². The zero-order valence-corrected chi connectivity index (χ0v) is 6.49. The Labute approximate surface area is 61.3 Å². The topological polar surface area (TPSA) is 60.7 Å².